The number of carbonyl (C=O) groups is 2. The largest absolute Gasteiger partial charge is 0.326 e. The molecule has 0 aliphatic carbocycles. The smallest absolute Gasteiger partial charge is 0.236 e. The van der Waals surface area contributed by atoms with E-state index in [2.05, 4.69) is 31.1 Å². The Bertz CT molecular complexity index is 956. The summed E-state index contributed by atoms with van der Waals surface area (Å²) in [5, 5.41) is 17.5. The number of anilines is 2. The quantitative estimate of drug-likeness (QED) is 0.626. The molecule has 0 bridgehead atoms. The van der Waals surface area contributed by atoms with E-state index < -0.39 is 0 Å². The van der Waals surface area contributed by atoms with Crippen LogP contribution in [0.15, 0.2) is 47.6 Å². The van der Waals surface area contributed by atoms with Gasteiger partial charge in [0.1, 0.15) is 5.82 Å². The third-order valence-electron chi connectivity index (χ3n) is 3.36. The predicted molar refractivity (Wildman–Crippen MR) is 102 cm³/mol. The zero-order valence-electron chi connectivity index (χ0n) is 14.7. The average Bonchev–Trinajstić information content (AvgIpc) is 3.09. The molecule has 27 heavy (non-hydrogen) atoms. The van der Waals surface area contributed by atoms with Crippen LogP contribution in [0.25, 0.3) is 5.69 Å². The van der Waals surface area contributed by atoms with Crippen molar-refractivity contribution in [1.29, 1.82) is 0 Å². The molecule has 3 rings (SSSR count). The van der Waals surface area contributed by atoms with Gasteiger partial charge in [-0.15, -0.1) is 5.10 Å². The first-order valence-electron chi connectivity index (χ1n) is 8.04. The van der Waals surface area contributed by atoms with Gasteiger partial charge >= 0.3 is 0 Å². The Morgan fingerprint density at radius 1 is 1.11 bits per heavy atom. The number of hydrogen-bond donors (Lipinski definition) is 2. The number of hydrogen-bond acceptors (Lipinski definition) is 7. The van der Waals surface area contributed by atoms with Crippen molar-refractivity contribution in [1.82, 2.24) is 25.2 Å². The molecule has 9 nitrogen and oxygen atoms in total. The van der Waals surface area contributed by atoms with Crippen LogP contribution in [0, 0.1) is 6.92 Å². The Hall–Kier alpha value is -3.27. The molecule has 0 saturated carbocycles. The number of rotatable bonds is 6. The number of tetrazole rings is 1. The summed E-state index contributed by atoms with van der Waals surface area (Å²) in [5.41, 5.74) is 2.23. The van der Waals surface area contributed by atoms with E-state index in [9.17, 15) is 9.59 Å². The van der Waals surface area contributed by atoms with Crippen LogP contribution in [-0.2, 0) is 9.59 Å². The molecule has 0 spiro atoms. The number of benzene rings is 1. The highest BCUT2D eigenvalue weighted by atomic mass is 32.2. The fourth-order valence-electron chi connectivity index (χ4n) is 2.24. The van der Waals surface area contributed by atoms with Crippen LogP contribution in [0.3, 0.4) is 0 Å². The minimum absolute atomic E-state index is 0.139. The van der Waals surface area contributed by atoms with Gasteiger partial charge in [-0.2, -0.15) is 4.68 Å². The molecule has 10 heteroatoms. The molecule has 0 unspecified atom stereocenters. The average molecular weight is 383 g/mol. The molecular weight excluding hydrogens is 366 g/mol. The molecule has 0 aliphatic heterocycles. The zero-order chi connectivity index (χ0) is 19.2. The summed E-state index contributed by atoms with van der Waals surface area (Å²) >= 11 is 1.21. The number of nitrogens with one attached hydrogen (secondary N) is 2. The summed E-state index contributed by atoms with van der Waals surface area (Å²) in [5.74, 6) is 0.304. The summed E-state index contributed by atoms with van der Waals surface area (Å²) in [7, 11) is 0. The second kappa shape index (κ2) is 8.41. The molecular formula is C17H17N7O2S. The number of aromatic nitrogens is 5. The fourth-order valence-corrected chi connectivity index (χ4v) is 2.93. The van der Waals surface area contributed by atoms with Gasteiger partial charge in [0.2, 0.25) is 17.0 Å². The van der Waals surface area contributed by atoms with E-state index in [0.717, 1.165) is 11.4 Å². The normalized spacial score (nSPS) is 10.4. The first-order chi connectivity index (χ1) is 13.0. The van der Waals surface area contributed by atoms with E-state index in [1.165, 1.54) is 23.4 Å². The highest BCUT2D eigenvalue weighted by Gasteiger charge is 2.12. The molecule has 138 valence electrons. The topological polar surface area (TPSA) is 115 Å². The molecule has 0 atom stereocenters. The summed E-state index contributed by atoms with van der Waals surface area (Å²) < 4.78 is 1.53. The molecule has 2 heterocycles. The third-order valence-corrected chi connectivity index (χ3v) is 4.28. The van der Waals surface area contributed by atoms with Crippen molar-refractivity contribution in [2.24, 2.45) is 0 Å². The van der Waals surface area contributed by atoms with Gasteiger partial charge in [0.05, 0.1) is 11.4 Å². The standard InChI is InChI=1S/C17H17N7O2S/c1-11-4-3-5-15(18-11)20-16(26)10-27-17-21-22-23-24(17)14-8-6-13(7-9-14)19-12(2)25/h3-9H,10H2,1-2H3,(H,19,25)(H,18,20,26). The monoisotopic (exact) mass is 383 g/mol. The van der Waals surface area contributed by atoms with Gasteiger partial charge < -0.3 is 10.6 Å². The maximum Gasteiger partial charge on any atom is 0.236 e. The SMILES string of the molecule is CC(=O)Nc1ccc(-n2nnnc2SCC(=O)Nc2cccc(C)n2)cc1. The van der Waals surface area contributed by atoms with Gasteiger partial charge in [-0.25, -0.2) is 4.98 Å². The number of aryl methyl sites for hydroxylation is 1. The third kappa shape index (κ3) is 5.11. The minimum atomic E-state index is -0.200. The highest BCUT2D eigenvalue weighted by Crippen LogP contribution is 2.20. The maximum atomic E-state index is 12.1. The number of amides is 2. The lowest BCUT2D eigenvalue weighted by molar-refractivity contribution is -0.114. The lowest BCUT2D eigenvalue weighted by Gasteiger charge is -2.07. The van der Waals surface area contributed by atoms with E-state index in [0.29, 0.717) is 16.7 Å². The second-order valence-corrected chi connectivity index (χ2v) is 6.54. The van der Waals surface area contributed by atoms with E-state index >= 15 is 0 Å². The molecule has 0 fully saturated rings. The summed E-state index contributed by atoms with van der Waals surface area (Å²) in [6.45, 7) is 3.30. The molecule has 1 aromatic carbocycles. The maximum absolute atomic E-state index is 12.1. The Kier molecular flexibility index (Phi) is 5.77. The molecule has 2 amide bonds. The van der Waals surface area contributed by atoms with Gasteiger partial charge in [0, 0.05) is 18.3 Å². The van der Waals surface area contributed by atoms with Crippen molar-refractivity contribution in [2.45, 2.75) is 19.0 Å². The van der Waals surface area contributed by atoms with Gasteiger partial charge in [-0.3, -0.25) is 9.59 Å². The number of thioether (sulfide) groups is 1. The van der Waals surface area contributed by atoms with E-state index in [1.54, 1.807) is 30.3 Å². The van der Waals surface area contributed by atoms with Crippen LogP contribution in [0.2, 0.25) is 0 Å². The van der Waals surface area contributed by atoms with Crippen LogP contribution in [-0.4, -0.2) is 42.8 Å². The van der Waals surface area contributed by atoms with Crippen molar-refractivity contribution in [2.75, 3.05) is 16.4 Å². The first-order valence-corrected chi connectivity index (χ1v) is 9.02. The van der Waals surface area contributed by atoms with Gasteiger partial charge in [0.15, 0.2) is 0 Å². The van der Waals surface area contributed by atoms with Crippen LogP contribution >= 0.6 is 11.8 Å². The van der Waals surface area contributed by atoms with Crippen molar-refractivity contribution in [3.8, 4) is 5.69 Å². The Morgan fingerprint density at radius 2 is 1.89 bits per heavy atom. The predicted octanol–water partition coefficient (Wildman–Crippen LogP) is 2.05. The Labute approximate surface area is 159 Å². The molecule has 2 N–H and O–H groups in total. The van der Waals surface area contributed by atoms with Crippen LogP contribution in [0.4, 0.5) is 11.5 Å². The van der Waals surface area contributed by atoms with E-state index in [1.807, 2.05) is 19.1 Å². The summed E-state index contributed by atoms with van der Waals surface area (Å²) in [6.07, 6.45) is 0. The number of carbonyl (C=O) groups excluding carboxylic acids is 2. The second-order valence-electron chi connectivity index (χ2n) is 5.60. The van der Waals surface area contributed by atoms with E-state index in [-0.39, 0.29) is 17.6 Å². The summed E-state index contributed by atoms with van der Waals surface area (Å²) in [6, 6.07) is 12.5. The van der Waals surface area contributed by atoms with Crippen molar-refractivity contribution < 1.29 is 9.59 Å². The number of nitrogens with zero attached hydrogens (tertiary/aromatic N) is 5. The van der Waals surface area contributed by atoms with Crippen LogP contribution in [0.5, 0.6) is 0 Å². The van der Waals surface area contributed by atoms with Gasteiger partial charge in [-0.05, 0) is 53.7 Å². The van der Waals surface area contributed by atoms with Crippen LogP contribution < -0.4 is 10.6 Å². The lowest BCUT2D eigenvalue weighted by Crippen LogP contribution is -2.15. The van der Waals surface area contributed by atoms with Gasteiger partial charge in [0.25, 0.3) is 0 Å². The molecule has 0 radical (unpaired) electrons. The van der Waals surface area contributed by atoms with Crippen LogP contribution in [0.1, 0.15) is 12.6 Å². The zero-order valence-corrected chi connectivity index (χ0v) is 15.5. The Morgan fingerprint density at radius 3 is 2.59 bits per heavy atom. The highest BCUT2D eigenvalue weighted by molar-refractivity contribution is 7.99. The van der Waals surface area contributed by atoms with Crippen molar-refractivity contribution >= 4 is 35.1 Å². The lowest BCUT2D eigenvalue weighted by atomic mass is 10.3. The van der Waals surface area contributed by atoms with E-state index in [4.69, 9.17) is 0 Å². The Balaban J connectivity index is 1.63. The van der Waals surface area contributed by atoms with Gasteiger partial charge in [-0.1, -0.05) is 17.8 Å². The molecule has 3 aromatic rings. The first kappa shape index (κ1) is 18.5. The molecule has 0 aliphatic rings. The van der Waals surface area contributed by atoms with Crippen molar-refractivity contribution in [3.63, 3.8) is 0 Å². The molecule has 2 aromatic heterocycles. The fraction of sp³-hybridized carbons (Fsp3) is 0.176. The van der Waals surface area contributed by atoms with Crippen molar-refractivity contribution in [3.05, 3.63) is 48.2 Å². The molecule has 0 saturated heterocycles. The minimum Gasteiger partial charge on any atom is -0.326 e. The summed E-state index contributed by atoms with van der Waals surface area (Å²) in [4.78, 5) is 27.4. The number of pyridine rings is 1.